The van der Waals surface area contributed by atoms with E-state index < -0.39 is 0 Å². The number of nitrogens with zero attached hydrogens (tertiary/aromatic N) is 1. The number of aryl methyl sites for hydroxylation is 1. The highest BCUT2D eigenvalue weighted by molar-refractivity contribution is 7.09. The average Bonchev–Trinajstić information content (AvgIpc) is 3.33. The van der Waals surface area contributed by atoms with E-state index in [2.05, 4.69) is 15.6 Å². The van der Waals surface area contributed by atoms with Crippen LogP contribution in [0.4, 0.5) is 0 Å². The third-order valence-corrected chi connectivity index (χ3v) is 5.08. The number of carbonyl (C=O) groups excluding carboxylic acids is 1. The van der Waals surface area contributed by atoms with E-state index in [0.717, 1.165) is 29.8 Å². The smallest absolute Gasteiger partial charge is 0.255 e. The Labute approximate surface area is 149 Å². The number of fused-ring (bicyclic) bond motifs is 1. The van der Waals surface area contributed by atoms with E-state index in [-0.39, 0.29) is 11.9 Å². The van der Waals surface area contributed by atoms with E-state index in [0.29, 0.717) is 29.3 Å². The lowest BCUT2D eigenvalue weighted by molar-refractivity contribution is 0.0940. The monoisotopic (exact) mass is 357 g/mol. The van der Waals surface area contributed by atoms with Gasteiger partial charge in [0.1, 0.15) is 23.7 Å². The summed E-state index contributed by atoms with van der Waals surface area (Å²) in [5, 5.41) is 7.11. The maximum absolute atomic E-state index is 12.7. The quantitative estimate of drug-likeness (QED) is 0.734. The van der Waals surface area contributed by atoms with Crippen molar-refractivity contribution in [3.8, 4) is 5.75 Å². The predicted octanol–water partition coefficient (Wildman–Crippen LogP) is 2.87. The molecular formula is C18H19N3O3S. The van der Waals surface area contributed by atoms with Crippen LogP contribution in [0.15, 0.2) is 34.3 Å². The Hall–Kier alpha value is -2.38. The predicted molar refractivity (Wildman–Crippen MR) is 96.1 cm³/mol. The van der Waals surface area contributed by atoms with Gasteiger partial charge in [0, 0.05) is 24.2 Å². The van der Waals surface area contributed by atoms with E-state index in [9.17, 15) is 4.79 Å². The summed E-state index contributed by atoms with van der Waals surface area (Å²) in [5.74, 6) is 1.24. The molecule has 1 unspecified atom stereocenters. The molecule has 0 radical (unpaired) electrons. The number of thiazole rings is 1. The molecule has 6 nitrogen and oxygen atoms in total. The first-order valence-electron chi connectivity index (χ1n) is 8.25. The summed E-state index contributed by atoms with van der Waals surface area (Å²) < 4.78 is 11.6. The standard InChI is InChI=1S/C18H19N3O3S/c1-11-17(18(22)21-12-4-5-19-7-12)15-6-13(2-3-16(15)24-11)23-9-14-8-20-10-25-14/h2-3,6,8,10,12,19H,4-5,7,9H2,1H3,(H,21,22). The highest BCUT2D eigenvalue weighted by atomic mass is 32.1. The lowest BCUT2D eigenvalue weighted by atomic mass is 10.1. The van der Waals surface area contributed by atoms with Gasteiger partial charge in [-0.1, -0.05) is 0 Å². The highest BCUT2D eigenvalue weighted by Crippen LogP contribution is 2.29. The first kappa shape index (κ1) is 16.1. The van der Waals surface area contributed by atoms with Gasteiger partial charge in [-0.3, -0.25) is 9.78 Å². The lowest BCUT2D eigenvalue weighted by Gasteiger charge is -2.11. The van der Waals surface area contributed by atoms with Gasteiger partial charge >= 0.3 is 0 Å². The van der Waals surface area contributed by atoms with Crippen LogP contribution in [0.5, 0.6) is 5.75 Å². The molecule has 1 saturated heterocycles. The van der Waals surface area contributed by atoms with E-state index in [1.54, 1.807) is 23.0 Å². The summed E-state index contributed by atoms with van der Waals surface area (Å²) in [7, 11) is 0. The van der Waals surface area contributed by atoms with Crippen molar-refractivity contribution >= 4 is 28.2 Å². The van der Waals surface area contributed by atoms with Crippen molar-refractivity contribution in [3.63, 3.8) is 0 Å². The van der Waals surface area contributed by atoms with E-state index >= 15 is 0 Å². The van der Waals surface area contributed by atoms with Gasteiger partial charge in [-0.15, -0.1) is 11.3 Å². The largest absolute Gasteiger partial charge is 0.488 e. The van der Waals surface area contributed by atoms with Crippen molar-refractivity contribution < 1.29 is 13.9 Å². The van der Waals surface area contributed by atoms with Crippen molar-refractivity contribution in [3.05, 3.63) is 46.1 Å². The topological polar surface area (TPSA) is 76.4 Å². The molecular weight excluding hydrogens is 338 g/mol. The molecule has 3 heterocycles. The molecule has 4 rings (SSSR count). The number of benzene rings is 1. The van der Waals surface area contributed by atoms with Crippen LogP contribution in [0.25, 0.3) is 11.0 Å². The fraction of sp³-hybridized carbons (Fsp3) is 0.333. The van der Waals surface area contributed by atoms with Crippen LogP contribution in [-0.4, -0.2) is 30.0 Å². The zero-order valence-electron chi connectivity index (χ0n) is 13.9. The average molecular weight is 357 g/mol. The summed E-state index contributed by atoms with van der Waals surface area (Å²) in [6.45, 7) is 4.03. The van der Waals surface area contributed by atoms with Gasteiger partial charge in [0.05, 0.1) is 16.0 Å². The van der Waals surface area contributed by atoms with Crippen molar-refractivity contribution in [1.29, 1.82) is 0 Å². The van der Waals surface area contributed by atoms with Crippen molar-refractivity contribution in [2.75, 3.05) is 13.1 Å². The minimum atomic E-state index is -0.0930. The van der Waals surface area contributed by atoms with Crippen LogP contribution in [0.3, 0.4) is 0 Å². The Bertz CT molecular complexity index is 882. The SMILES string of the molecule is Cc1oc2ccc(OCc3cncs3)cc2c1C(=O)NC1CCNC1. The molecule has 1 amide bonds. The Morgan fingerprint density at radius 1 is 1.52 bits per heavy atom. The van der Waals surface area contributed by atoms with Gasteiger partial charge in [-0.05, 0) is 38.1 Å². The Morgan fingerprint density at radius 2 is 2.44 bits per heavy atom. The molecule has 25 heavy (non-hydrogen) atoms. The fourth-order valence-electron chi connectivity index (χ4n) is 3.07. The Kier molecular flexibility index (Phi) is 4.42. The summed E-state index contributed by atoms with van der Waals surface area (Å²) in [6.07, 6.45) is 2.74. The van der Waals surface area contributed by atoms with E-state index in [1.807, 2.05) is 25.1 Å². The number of carbonyl (C=O) groups is 1. The van der Waals surface area contributed by atoms with Crippen LogP contribution in [-0.2, 0) is 6.61 Å². The lowest BCUT2D eigenvalue weighted by Crippen LogP contribution is -2.36. The molecule has 2 aromatic heterocycles. The molecule has 1 aliphatic heterocycles. The van der Waals surface area contributed by atoms with Crippen molar-refractivity contribution in [2.45, 2.75) is 26.0 Å². The molecule has 2 N–H and O–H groups in total. The minimum Gasteiger partial charge on any atom is -0.488 e. The van der Waals surface area contributed by atoms with Gasteiger partial charge in [-0.25, -0.2) is 0 Å². The van der Waals surface area contributed by atoms with Gasteiger partial charge in [0.25, 0.3) is 5.91 Å². The zero-order chi connectivity index (χ0) is 17.2. The van der Waals surface area contributed by atoms with Crippen LogP contribution < -0.4 is 15.4 Å². The number of ether oxygens (including phenoxy) is 1. The second-order valence-corrected chi connectivity index (χ2v) is 7.08. The number of nitrogens with one attached hydrogen (secondary N) is 2. The third-order valence-electron chi connectivity index (χ3n) is 4.32. The van der Waals surface area contributed by atoms with Gasteiger partial charge in [0.15, 0.2) is 0 Å². The number of hydrogen-bond acceptors (Lipinski definition) is 6. The number of rotatable bonds is 5. The maximum Gasteiger partial charge on any atom is 0.255 e. The highest BCUT2D eigenvalue weighted by Gasteiger charge is 2.23. The second kappa shape index (κ2) is 6.85. The summed E-state index contributed by atoms with van der Waals surface area (Å²) >= 11 is 1.55. The molecule has 7 heteroatoms. The van der Waals surface area contributed by atoms with Crippen molar-refractivity contribution in [1.82, 2.24) is 15.6 Å². The molecule has 1 fully saturated rings. The first-order chi connectivity index (χ1) is 12.2. The van der Waals surface area contributed by atoms with Crippen molar-refractivity contribution in [2.24, 2.45) is 0 Å². The first-order valence-corrected chi connectivity index (χ1v) is 9.13. The molecule has 3 aromatic rings. The molecule has 1 atom stereocenters. The molecule has 0 bridgehead atoms. The minimum absolute atomic E-state index is 0.0930. The van der Waals surface area contributed by atoms with Gasteiger partial charge < -0.3 is 19.8 Å². The summed E-state index contributed by atoms with van der Waals surface area (Å²) in [4.78, 5) is 17.8. The molecule has 1 aromatic carbocycles. The van der Waals surface area contributed by atoms with Gasteiger partial charge in [-0.2, -0.15) is 0 Å². The van der Waals surface area contributed by atoms with E-state index in [4.69, 9.17) is 9.15 Å². The third kappa shape index (κ3) is 3.38. The molecule has 0 spiro atoms. The Balaban J connectivity index is 1.58. The summed E-state index contributed by atoms with van der Waals surface area (Å²) in [6, 6.07) is 5.74. The Morgan fingerprint density at radius 3 is 3.20 bits per heavy atom. The molecule has 0 saturated carbocycles. The van der Waals surface area contributed by atoms with Crippen LogP contribution in [0.1, 0.15) is 27.4 Å². The van der Waals surface area contributed by atoms with Crippen LogP contribution in [0, 0.1) is 6.92 Å². The number of hydrogen-bond donors (Lipinski definition) is 2. The van der Waals surface area contributed by atoms with Gasteiger partial charge in [0.2, 0.25) is 0 Å². The number of aromatic nitrogens is 1. The fourth-order valence-corrected chi connectivity index (χ4v) is 3.58. The van der Waals surface area contributed by atoms with Crippen LogP contribution >= 0.6 is 11.3 Å². The zero-order valence-corrected chi connectivity index (χ0v) is 14.7. The number of furan rings is 1. The van der Waals surface area contributed by atoms with E-state index in [1.165, 1.54) is 0 Å². The maximum atomic E-state index is 12.7. The molecule has 130 valence electrons. The number of amides is 1. The van der Waals surface area contributed by atoms with Crippen LogP contribution in [0.2, 0.25) is 0 Å². The molecule has 0 aliphatic carbocycles. The normalized spacial score (nSPS) is 17.1. The summed E-state index contributed by atoms with van der Waals surface area (Å²) in [5.41, 5.74) is 3.06. The molecule has 1 aliphatic rings. The second-order valence-electron chi connectivity index (χ2n) is 6.11.